The maximum atomic E-state index is 11.7. The zero-order valence-corrected chi connectivity index (χ0v) is 9.55. The molecule has 17 heavy (non-hydrogen) atoms. The van der Waals surface area contributed by atoms with Crippen LogP contribution in [-0.2, 0) is 6.42 Å². The van der Waals surface area contributed by atoms with Crippen molar-refractivity contribution in [3.05, 3.63) is 35.5 Å². The van der Waals surface area contributed by atoms with Crippen molar-refractivity contribution in [1.82, 2.24) is 19.7 Å². The summed E-state index contributed by atoms with van der Waals surface area (Å²) in [4.78, 5) is 20.0. The van der Waals surface area contributed by atoms with Crippen molar-refractivity contribution in [1.29, 1.82) is 0 Å². The smallest absolute Gasteiger partial charge is 0.166 e. The van der Waals surface area contributed by atoms with Crippen LogP contribution in [0.25, 0.3) is 5.82 Å². The van der Waals surface area contributed by atoms with E-state index in [0.29, 0.717) is 6.42 Å². The van der Waals surface area contributed by atoms with Gasteiger partial charge in [-0.3, -0.25) is 4.79 Å². The largest absolute Gasteiger partial charge is 0.294 e. The first-order valence-corrected chi connectivity index (χ1v) is 5.65. The predicted molar refractivity (Wildman–Crippen MR) is 61.2 cm³/mol. The Bertz CT molecular complexity index is 588. The summed E-state index contributed by atoms with van der Waals surface area (Å²) in [6.45, 7) is 1.91. The highest BCUT2D eigenvalue weighted by Gasteiger charge is 2.22. The van der Waals surface area contributed by atoms with Gasteiger partial charge in [0.15, 0.2) is 11.6 Å². The first kappa shape index (κ1) is 10.1. The van der Waals surface area contributed by atoms with Crippen molar-refractivity contribution >= 4 is 5.78 Å². The molecule has 86 valence electrons. The van der Waals surface area contributed by atoms with Crippen molar-refractivity contribution in [2.24, 2.45) is 0 Å². The summed E-state index contributed by atoms with van der Waals surface area (Å²) in [6, 6.07) is 1.87. The average Bonchev–Trinajstić information content (AvgIpc) is 2.74. The molecule has 0 radical (unpaired) electrons. The van der Waals surface area contributed by atoms with Crippen LogP contribution in [0.3, 0.4) is 0 Å². The number of carbonyl (C=O) groups is 1. The molecule has 1 aliphatic carbocycles. The minimum Gasteiger partial charge on any atom is -0.294 e. The summed E-state index contributed by atoms with van der Waals surface area (Å²) < 4.78 is 1.75. The molecule has 0 N–H and O–H groups in total. The molecule has 0 atom stereocenters. The lowest BCUT2D eigenvalue weighted by Gasteiger charge is -2.12. The summed E-state index contributed by atoms with van der Waals surface area (Å²) in [5, 5.41) is 4.27. The van der Waals surface area contributed by atoms with E-state index in [4.69, 9.17) is 0 Å². The second kappa shape index (κ2) is 3.76. The molecule has 0 amide bonds. The van der Waals surface area contributed by atoms with E-state index < -0.39 is 0 Å². The third kappa shape index (κ3) is 1.63. The van der Waals surface area contributed by atoms with Gasteiger partial charge in [0, 0.05) is 18.2 Å². The number of fused-ring (bicyclic) bond motifs is 1. The number of rotatable bonds is 1. The van der Waals surface area contributed by atoms with Crippen molar-refractivity contribution in [2.45, 2.75) is 26.2 Å². The monoisotopic (exact) mass is 228 g/mol. The van der Waals surface area contributed by atoms with Crippen molar-refractivity contribution in [3.8, 4) is 5.82 Å². The van der Waals surface area contributed by atoms with Crippen molar-refractivity contribution < 1.29 is 4.79 Å². The van der Waals surface area contributed by atoms with Crippen LogP contribution in [0.4, 0.5) is 0 Å². The molecule has 5 nitrogen and oxygen atoms in total. The second-order valence-corrected chi connectivity index (χ2v) is 4.21. The summed E-state index contributed by atoms with van der Waals surface area (Å²) in [7, 11) is 0. The molecule has 3 rings (SSSR count). The number of nitrogens with zero attached hydrogens (tertiary/aromatic N) is 4. The Balaban J connectivity index is 2.13. The Morgan fingerprint density at radius 1 is 1.29 bits per heavy atom. The van der Waals surface area contributed by atoms with Crippen LogP contribution in [0.5, 0.6) is 0 Å². The average molecular weight is 228 g/mol. The predicted octanol–water partition coefficient (Wildman–Crippen LogP) is 1.49. The third-order valence-electron chi connectivity index (χ3n) is 2.99. The van der Waals surface area contributed by atoms with Gasteiger partial charge in [0.25, 0.3) is 0 Å². The fourth-order valence-electron chi connectivity index (χ4n) is 2.15. The maximum absolute atomic E-state index is 11.7. The molecular weight excluding hydrogens is 216 g/mol. The fourth-order valence-corrected chi connectivity index (χ4v) is 2.15. The molecule has 0 bridgehead atoms. The molecule has 2 aromatic heterocycles. The van der Waals surface area contributed by atoms with Crippen LogP contribution in [0.15, 0.2) is 18.6 Å². The van der Waals surface area contributed by atoms with E-state index in [0.717, 1.165) is 35.6 Å². The molecule has 0 aromatic carbocycles. The number of hydrogen-bond donors (Lipinski definition) is 0. The molecule has 0 aliphatic heterocycles. The number of aryl methyl sites for hydroxylation is 1. The number of Topliss-reactive ketones (excluding diaryl/α,β-unsaturated/α-hetero) is 1. The van der Waals surface area contributed by atoms with Gasteiger partial charge >= 0.3 is 0 Å². The quantitative estimate of drug-likeness (QED) is 0.742. The van der Waals surface area contributed by atoms with Crippen LogP contribution in [0.1, 0.15) is 34.6 Å². The Labute approximate surface area is 98.5 Å². The van der Waals surface area contributed by atoms with Gasteiger partial charge in [-0.1, -0.05) is 0 Å². The van der Waals surface area contributed by atoms with Gasteiger partial charge in [-0.05, 0) is 19.8 Å². The van der Waals surface area contributed by atoms with Gasteiger partial charge in [-0.15, -0.1) is 0 Å². The van der Waals surface area contributed by atoms with Crippen LogP contribution in [-0.4, -0.2) is 25.5 Å². The van der Waals surface area contributed by atoms with Gasteiger partial charge in [0.1, 0.15) is 6.33 Å². The topological polar surface area (TPSA) is 60.7 Å². The molecule has 0 saturated heterocycles. The van der Waals surface area contributed by atoms with Gasteiger partial charge in [-0.2, -0.15) is 5.10 Å². The summed E-state index contributed by atoms with van der Waals surface area (Å²) in [5.41, 5.74) is 2.60. The lowest BCUT2D eigenvalue weighted by Crippen LogP contribution is -2.13. The van der Waals surface area contributed by atoms with E-state index in [2.05, 4.69) is 15.1 Å². The third-order valence-corrected chi connectivity index (χ3v) is 2.99. The van der Waals surface area contributed by atoms with Gasteiger partial charge in [-0.25, -0.2) is 14.6 Å². The number of aromatic nitrogens is 4. The Morgan fingerprint density at radius 2 is 2.18 bits per heavy atom. The second-order valence-electron chi connectivity index (χ2n) is 4.21. The molecule has 5 heteroatoms. The van der Waals surface area contributed by atoms with Gasteiger partial charge in [0.05, 0.1) is 17.5 Å². The lowest BCUT2D eigenvalue weighted by molar-refractivity contribution is 0.0972. The van der Waals surface area contributed by atoms with E-state index in [1.807, 2.05) is 13.0 Å². The summed E-state index contributed by atoms with van der Waals surface area (Å²) in [5.74, 6) is 0.914. The fraction of sp³-hybridized carbons (Fsp3) is 0.333. The summed E-state index contributed by atoms with van der Waals surface area (Å²) >= 11 is 0. The van der Waals surface area contributed by atoms with Crippen molar-refractivity contribution in [2.75, 3.05) is 0 Å². The standard InChI is InChI=1S/C12H12N4O/c1-8-5-12(14-7-13-8)16-10-3-2-4-11(17)9(10)6-15-16/h5-7H,2-4H2,1H3. The molecule has 0 fully saturated rings. The van der Waals surface area contributed by atoms with Crippen LogP contribution >= 0.6 is 0 Å². The highest BCUT2D eigenvalue weighted by Crippen LogP contribution is 2.22. The first-order valence-electron chi connectivity index (χ1n) is 5.65. The number of carbonyl (C=O) groups excluding carboxylic acids is 1. The minimum absolute atomic E-state index is 0.184. The Hall–Kier alpha value is -2.04. The van der Waals surface area contributed by atoms with Gasteiger partial charge < -0.3 is 0 Å². The molecule has 0 unspecified atom stereocenters. The SMILES string of the molecule is Cc1cc(-n2ncc3c2CCCC3=O)ncn1. The number of ketones is 1. The lowest BCUT2D eigenvalue weighted by atomic mass is 9.97. The van der Waals surface area contributed by atoms with Crippen LogP contribution in [0.2, 0.25) is 0 Å². The molecular formula is C12H12N4O. The van der Waals surface area contributed by atoms with Crippen LogP contribution in [0, 0.1) is 6.92 Å². The van der Waals surface area contributed by atoms with Crippen LogP contribution < -0.4 is 0 Å². The first-order chi connectivity index (χ1) is 8.25. The van der Waals surface area contributed by atoms with E-state index in [-0.39, 0.29) is 5.78 Å². The van der Waals surface area contributed by atoms with E-state index >= 15 is 0 Å². The maximum Gasteiger partial charge on any atom is 0.166 e. The van der Waals surface area contributed by atoms with Gasteiger partial charge in [0.2, 0.25) is 0 Å². The van der Waals surface area contributed by atoms with E-state index in [1.165, 1.54) is 6.33 Å². The highest BCUT2D eigenvalue weighted by atomic mass is 16.1. The van der Waals surface area contributed by atoms with E-state index in [1.54, 1.807) is 10.9 Å². The highest BCUT2D eigenvalue weighted by molar-refractivity contribution is 5.97. The molecule has 0 saturated carbocycles. The zero-order valence-electron chi connectivity index (χ0n) is 9.55. The van der Waals surface area contributed by atoms with Crippen molar-refractivity contribution in [3.63, 3.8) is 0 Å². The number of hydrogen-bond acceptors (Lipinski definition) is 4. The normalized spacial score (nSPS) is 14.8. The van der Waals surface area contributed by atoms with E-state index in [9.17, 15) is 4.79 Å². The minimum atomic E-state index is 0.184. The Morgan fingerprint density at radius 3 is 3.00 bits per heavy atom. The Kier molecular flexibility index (Phi) is 2.24. The molecule has 2 heterocycles. The molecule has 2 aromatic rings. The summed E-state index contributed by atoms with van der Waals surface area (Å²) in [6.07, 6.45) is 5.56. The molecule has 1 aliphatic rings. The zero-order chi connectivity index (χ0) is 11.8. The molecule has 0 spiro atoms.